The molecule has 5 nitrogen and oxygen atoms in total. The van der Waals surface area contributed by atoms with Crippen molar-refractivity contribution in [3.63, 3.8) is 0 Å². The molecule has 5 heteroatoms. The minimum absolute atomic E-state index is 0.713. The van der Waals surface area contributed by atoms with Crippen LogP contribution in [0.2, 0.25) is 0 Å². The van der Waals surface area contributed by atoms with E-state index in [2.05, 4.69) is 22.5 Å². The van der Waals surface area contributed by atoms with E-state index in [1.54, 1.807) is 20.4 Å². The van der Waals surface area contributed by atoms with E-state index >= 15 is 0 Å². The SMILES string of the molecule is CCCNCCNc1nccc2cc(OC)c(OC)cc12. The van der Waals surface area contributed by atoms with Crippen LogP contribution >= 0.6 is 0 Å². The molecule has 0 aliphatic carbocycles. The average molecular weight is 289 g/mol. The number of hydrogen-bond acceptors (Lipinski definition) is 5. The summed E-state index contributed by atoms with van der Waals surface area (Å²) in [5.41, 5.74) is 0. The third-order valence-corrected chi connectivity index (χ3v) is 3.29. The number of benzene rings is 1. The van der Waals surface area contributed by atoms with E-state index in [9.17, 15) is 0 Å². The van der Waals surface area contributed by atoms with Crippen LogP contribution in [0.1, 0.15) is 13.3 Å². The number of nitrogens with zero attached hydrogens (tertiary/aromatic N) is 1. The second-order valence-corrected chi connectivity index (χ2v) is 4.76. The van der Waals surface area contributed by atoms with Crippen LogP contribution in [0, 0.1) is 0 Å². The zero-order valence-corrected chi connectivity index (χ0v) is 12.9. The van der Waals surface area contributed by atoms with Gasteiger partial charge < -0.3 is 20.1 Å². The highest BCUT2D eigenvalue weighted by molar-refractivity contribution is 5.94. The lowest BCUT2D eigenvalue weighted by atomic mass is 10.1. The molecule has 0 atom stereocenters. The van der Waals surface area contributed by atoms with E-state index in [1.165, 1.54) is 0 Å². The molecule has 0 bridgehead atoms. The van der Waals surface area contributed by atoms with Gasteiger partial charge in [0.2, 0.25) is 0 Å². The van der Waals surface area contributed by atoms with Crippen LogP contribution in [0.15, 0.2) is 24.4 Å². The summed E-state index contributed by atoms with van der Waals surface area (Å²) in [7, 11) is 3.28. The lowest BCUT2D eigenvalue weighted by Gasteiger charge is -2.12. The Morgan fingerprint density at radius 3 is 2.52 bits per heavy atom. The van der Waals surface area contributed by atoms with Gasteiger partial charge in [-0.05, 0) is 36.6 Å². The van der Waals surface area contributed by atoms with Crippen molar-refractivity contribution in [1.29, 1.82) is 0 Å². The summed E-state index contributed by atoms with van der Waals surface area (Å²) >= 11 is 0. The fourth-order valence-electron chi connectivity index (χ4n) is 2.21. The lowest BCUT2D eigenvalue weighted by Crippen LogP contribution is -2.23. The summed E-state index contributed by atoms with van der Waals surface area (Å²) in [5, 5.41) is 8.83. The summed E-state index contributed by atoms with van der Waals surface area (Å²) in [6.07, 6.45) is 2.94. The minimum Gasteiger partial charge on any atom is -0.493 e. The highest BCUT2D eigenvalue weighted by Gasteiger charge is 2.09. The molecule has 0 aliphatic heterocycles. The molecule has 1 heterocycles. The standard InChI is InChI=1S/C16H23N3O2/c1-4-6-17-8-9-19-16-13-11-15(21-3)14(20-2)10-12(13)5-7-18-16/h5,7,10-11,17H,4,6,8-9H2,1-3H3,(H,18,19). The lowest BCUT2D eigenvalue weighted by molar-refractivity contribution is 0.356. The average Bonchev–Trinajstić information content (AvgIpc) is 2.53. The normalized spacial score (nSPS) is 10.6. The maximum Gasteiger partial charge on any atom is 0.161 e. The Labute approximate surface area is 125 Å². The van der Waals surface area contributed by atoms with Crippen LogP contribution in [-0.4, -0.2) is 38.8 Å². The molecule has 0 saturated carbocycles. The van der Waals surface area contributed by atoms with Crippen molar-refractivity contribution < 1.29 is 9.47 Å². The van der Waals surface area contributed by atoms with Crippen molar-refractivity contribution in [2.24, 2.45) is 0 Å². The van der Waals surface area contributed by atoms with Crippen molar-refractivity contribution in [3.05, 3.63) is 24.4 Å². The van der Waals surface area contributed by atoms with Crippen LogP contribution in [-0.2, 0) is 0 Å². The van der Waals surface area contributed by atoms with Gasteiger partial charge in [-0.15, -0.1) is 0 Å². The first kappa shape index (κ1) is 15.4. The topological polar surface area (TPSA) is 55.4 Å². The van der Waals surface area contributed by atoms with Gasteiger partial charge in [0.15, 0.2) is 11.5 Å². The first-order valence-electron chi connectivity index (χ1n) is 7.25. The van der Waals surface area contributed by atoms with Crippen molar-refractivity contribution in [3.8, 4) is 11.5 Å². The number of rotatable bonds is 8. The first-order chi connectivity index (χ1) is 10.3. The largest absolute Gasteiger partial charge is 0.493 e. The van der Waals surface area contributed by atoms with Gasteiger partial charge in [-0.25, -0.2) is 4.98 Å². The van der Waals surface area contributed by atoms with E-state index in [0.29, 0.717) is 5.75 Å². The van der Waals surface area contributed by atoms with Gasteiger partial charge in [0.25, 0.3) is 0 Å². The van der Waals surface area contributed by atoms with Gasteiger partial charge in [-0.1, -0.05) is 6.92 Å². The third kappa shape index (κ3) is 3.76. The number of ether oxygens (including phenoxy) is 2. The molecule has 0 saturated heterocycles. The minimum atomic E-state index is 0.713. The molecular formula is C16H23N3O2. The smallest absolute Gasteiger partial charge is 0.161 e. The summed E-state index contributed by atoms with van der Waals surface area (Å²) in [4.78, 5) is 4.42. The van der Waals surface area contributed by atoms with Gasteiger partial charge in [0, 0.05) is 24.7 Å². The van der Waals surface area contributed by atoms with Crippen LogP contribution in [0.25, 0.3) is 10.8 Å². The Bertz CT molecular complexity index is 587. The Hall–Kier alpha value is -2.01. The Morgan fingerprint density at radius 2 is 1.81 bits per heavy atom. The van der Waals surface area contributed by atoms with E-state index in [4.69, 9.17) is 9.47 Å². The van der Waals surface area contributed by atoms with Gasteiger partial charge in [0.1, 0.15) is 5.82 Å². The highest BCUT2D eigenvalue weighted by Crippen LogP contribution is 2.34. The quantitative estimate of drug-likeness (QED) is 0.732. The van der Waals surface area contributed by atoms with E-state index < -0.39 is 0 Å². The summed E-state index contributed by atoms with van der Waals surface area (Å²) < 4.78 is 10.7. The highest BCUT2D eigenvalue weighted by atomic mass is 16.5. The molecule has 2 aromatic rings. The second kappa shape index (κ2) is 7.69. The molecule has 0 aliphatic rings. The molecular weight excluding hydrogens is 266 g/mol. The Balaban J connectivity index is 2.19. The zero-order chi connectivity index (χ0) is 15.1. The summed E-state index contributed by atoms with van der Waals surface area (Å²) in [5.74, 6) is 2.31. The third-order valence-electron chi connectivity index (χ3n) is 3.29. The van der Waals surface area contributed by atoms with Crippen LogP contribution in [0.3, 0.4) is 0 Å². The zero-order valence-electron chi connectivity index (χ0n) is 12.9. The van der Waals surface area contributed by atoms with Crippen molar-refractivity contribution in [1.82, 2.24) is 10.3 Å². The predicted molar refractivity (Wildman–Crippen MR) is 86.5 cm³/mol. The Kier molecular flexibility index (Phi) is 5.63. The van der Waals surface area contributed by atoms with E-state index in [1.807, 2.05) is 18.2 Å². The number of methoxy groups -OCH3 is 2. The molecule has 0 fully saturated rings. The van der Waals surface area contributed by atoms with Crippen LogP contribution in [0.4, 0.5) is 5.82 Å². The maximum atomic E-state index is 5.36. The molecule has 1 aromatic carbocycles. The number of fused-ring (bicyclic) bond motifs is 1. The molecule has 2 rings (SSSR count). The molecule has 114 valence electrons. The maximum absolute atomic E-state index is 5.36. The number of aromatic nitrogens is 1. The first-order valence-corrected chi connectivity index (χ1v) is 7.25. The van der Waals surface area contributed by atoms with Crippen LogP contribution < -0.4 is 20.1 Å². The van der Waals surface area contributed by atoms with Crippen molar-refractivity contribution >= 4 is 16.6 Å². The number of hydrogen-bond donors (Lipinski definition) is 2. The summed E-state index contributed by atoms with van der Waals surface area (Å²) in [6, 6.07) is 5.90. The molecule has 0 spiro atoms. The van der Waals surface area contributed by atoms with Crippen LogP contribution in [0.5, 0.6) is 11.5 Å². The summed E-state index contributed by atoms with van der Waals surface area (Å²) in [6.45, 7) is 4.95. The monoisotopic (exact) mass is 289 g/mol. The molecule has 1 aromatic heterocycles. The number of nitrogens with one attached hydrogen (secondary N) is 2. The van der Waals surface area contributed by atoms with E-state index in [0.717, 1.165) is 48.4 Å². The van der Waals surface area contributed by atoms with Gasteiger partial charge >= 0.3 is 0 Å². The molecule has 0 radical (unpaired) electrons. The fourth-order valence-corrected chi connectivity index (χ4v) is 2.21. The van der Waals surface area contributed by atoms with Gasteiger partial charge in [-0.3, -0.25) is 0 Å². The van der Waals surface area contributed by atoms with Gasteiger partial charge in [-0.2, -0.15) is 0 Å². The van der Waals surface area contributed by atoms with Crippen molar-refractivity contribution in [2.45, 2.75) is 13.3 Å². The molecule has 2 N–H and O–H groups in total. The van der Waals surface area contributed by atoms with Gasteiger partial charge in [0.05, 0.1) is 14.2 Å². The number of pyridine rings is 1. The Morgan fingerprint density at radius 1 is 1.05 bits per heavy atom. The van der Waals surface area contributed by atoms with Crippen molar-refractivity contribution in [2.75, 3.05) is 39.2 Å². The molecule has 21 heavy (non-hydrogen) atoms. The second-order valence-electron chi connectivity index (χ2n) is 4.76. The molecule has 0 unspecified atom stereocenters. The fraction of sp³-hybridized carbons (Fsp3) is 0.438. The van der Waals surface area contributed by atoms with E-state index in [-0.39, 0.29) is 0 Å². The molecule has 0 amide bonds. The number of anilines is 1. The predicted octanol–water partition coefficient (Wildman–Crippen LogP) is 2.66.